The van der Waals surface area contributed by atoms with Crippen molar-refractivity contribution in [2.75, 3.05) is 13.1 Å². The van der Waals surface area contributed by atoms with Crippen molar-refractivity contribution < 1.29 is 18.4 Å². The Morgan fingerprint density at radius 3 is 2.45 bits per heavy atom. The molecule has 3 rings (SSSR count). The predicted octanol–water partition coefficient (Wildman–Crippen LogP) is 2.27. The number of rotatable bonds is 4. The maximum absolute atomic E-state index is 12.5. The highest BCUT2D eigenvalue weighted by Gasteiger charge is 2.24. The third-order valence-electron chi connectivity index (χ3n) is 3.45. The van der Waals surface area contributed by atoms with Crippen LogP contribution in [0.4, 0.5) is 0 Å². The molecule has 0 atom stereocenters. The Labute approximate surface area is 127 Å². The van der Waals surface area contributed by atoms with E-state index in [9.17, 15) is 9.59 Å². The van der Waals surface area contributed by atoms with Crippen LogP contribution in [-0.4, -0.2) is 29.8 Å². The first-order valence-corrected chi connectivity index (χ1v) is 7.13. The second kappa shape index (κ2) is 6.34. The van der Waals surface area contributed by atoms with Crippen LogP contribution in [0, 0.1) is 0 Å². The van der Waals surface area contributed by atoms with Crippen molar-refractivity contribution in [2.45, 2.75) is 12.8 Å². The molecule has 0 aliphatic carbocycles. The minimum atomic E-state index is -0.463. The van der Waals surface area contributed by atoms with Crippen molar-refractivity contribution in [3.05, 3.63) is 54.0 Å². The SMILES string of the molecule is O=C(N/C(=C/c1ccco1)C(=O)N1CCCC1)c1ccco1. The first-order valence-electron chi connectivity index (χ1n) is 7.13. The normalized spacial score (nSPS) is 15.1. The lowest BCUT2D eigenvalue weighted by molar-refractivity contribution is -0.126. The van der Waals surface area contributed by atoms with Gasteiger partial charge in [0.25, 0.3) is 11.8 Å². The number of furan rings is 2. The number of hydrogen-bond donors (Lipinski definition) is 1. The topological polar surface area (TPSA) is 75.7 Å². The molecule has 0 radical (unpaired) electrons. The Bertz CT molecular complexity index is 665. The smallest absolute Gasteiger partial charge is 0.291 e. The third kappa shape index (κ3) is 3.11. The number of nitrogens with zero attached hydrogens (tertiary/aromatic N) is 1. The fourth-order valence-electron chi connectivity index (χ4n) is 2.35. The summed E-state index contributed by atoms with van der Waals surface area (Å²) in [5, 5.41) is 2.61. The highest BCUT2D eigenvalue weighted by Crippen LogP contribution is 2.14. The van der Waals surface area contributed by atoms with Crippen LogP contribution < -0.4 is 5.32 Å². The molecule has 1 saturated heterocycles. The Morgan fingerprint density at radius 1 is 1.09 bits per heavy atom. The van der Waals surface area contributed by atoms with E-state index in [1.54, 1.807) is 29.2 Å². The van der Waals surface area contributed by atoms with Gasteiger partial charge in [0.2, 0.25) is 0 Å². The van der Waals surface area contributed by atoms with Crippen LogP contribution in [0.3, 0.4) is 0 Å². The van der Waals surface area contributed by atoms with Crippen LogP contribution >= 0.6 is 0 Å². The molecule has 2 aromatic rings. The molecule has 22 heavy (non-hydrogen) atoms. The van der Waals surface area contributed by atoms with Crippen molar-refractivity contribution in [1.82, 2.24) is 10.2 Å². The lowest BCUT2D eigenvalue weighted by atomic mass is 10.3. The minimum absolute atomic E-state index is 0.152. The molecule has 2 amide bonds. The monoisotopic (exact) mass is 300 g/mol. The average molecular weight is 300 g/mol. The van der Waals surface area contributed by atoms with Crippen LogP contribution in [-0.2, 0) is 4.79 Å². The van der Waals surface area contributed by atoms with Gasteiger partial charge in [0.1, 0.15) is 11.5 Å². The molecule has 1 aliphatic rings. The van der Waals surface area contributed by atoms with Gasteiger partial charge in [0, 0.05) is 19.2 Å². The second-order valence-corrected chi connectivity index (χ2v) is 5.00. The van der Waals surface area contributed by atoms with E-state index in [1.165, 1.54) is 18.6 Å². The summed E-state index contributed by atoms with van der Waals surface area (Å²) in [5.74, 6) is -0.0222. The molecule has 6 heteroatoms. The summed E-state index contributed by atoms with van der Waals surface area (Å²) < 4.78 is 10.3. The molecule has 1 N–H and O–H groups in total. The van der Waals surface area contributed by atoms with E-state index in [1.807, 2.05) is 0 Å². The molecule has 0 saturated carbocycles. The van der Waals surface area contributed by atoms with E-state index in [-0.39, 0.29) is 17.4 Å². The summed E-state index contributed by atoms with van der Waals surface area (Å²) in [6, 6.07) is 6.60. The fourth-order valence-corrected chi connectivity index (χ4v) is 2.35. The molecule has 0 unspecified atom stereocenters. The van der Waals surface area contributed by atoms with Gasteiger partial charge in [-0.2, -0.15) is 0 Å². The van der Waals surface area contributed by atoms with Gasteiger partial charge in [-0.25, -0.2) is 0 Å². The van der Waals surface area contributed by atoms with Gasteiger partial charge in [-0.1, -0.05) is 0 Å². The van der Waals surface area contributed by atoms with Gasteiger partial charge in [-0.3, -0.25) is 9.59 Å². The van der Waals surface area contributed by atoms with E-state index in [2.05, 4.69) is 5.32 Å². The molecule has 1 aliphatic heterocycles. The zero-order valence-corrected chi connectivity index (χ0v) is 12.0. The Balaban J connectivity index is 1.82. The van der Waals surface area contributed by atoms with Gasteiger partial charge < -0.3 is 19.1 Å². The Hall–Kier alpha value is -2.76. The standard InChI is InChI=1S/C16H16N2O4/c19-15(14-6-4-10-22-14)17-13(11-12-5-3-9-21-12)16(20)18-7-1-2-8-18/h3-6,9-11H,1-2,7-8H2,(H,17,19)/b13-11+. The van der Waals surface area contributed by atoms with E-state index in [4.69, 9.17) is 8.83 Å². The van der Waals surface area contributed by atoms with E-state index >= 15 is 0 Å². The van der Waals surface area contributed by atoms with Crippen molar-refractivity contribution in [3.8, 4) is 0 Å². The minimum Gasteiger partial charge on any atom is -0.465 e. The van der Waals surface area contributed by atoms with Crippen molar-refractivity contribution in [2.24, 2.45) is 0 Å². The maximum Gasteiger partial charge on any atom is 0.291 e. The lowest BCUT2D eigenvalue weighted by Crippen LogP contribution is -2.36. The van der Waals surface area contributed by atoms with E-state index in [0.717, 1.165) is 12.8 Å². The molecular weight excluding hydrogens is 284 g/mol. The third-order valence-corrected chi connectivity index (χ3v) is 3.45. The highest BCUT2D eigenvalue weighted by atomic mass is 16.3. The summed E-state index contributed by atoms with van der Waals surface area (Å²) in [4.78, 5) is 26.4. The molecule has 3 heterocycles. The molecule has 114 valence electrons. The van der Waals surface area contributed by atoms with Gasteiger partial charge >= 0.3 is 0 Å². The van der Waals surface area contributed by atoms with Crippen LogP contribution in [0.15, 0.2) is 51.3 Å². The molecule has 0 aromatic carbocycles. The van der Waals surface area contributed by atoms with Crippen molar-refractivity contribution >= 4 is 17.9 Å². The summed E-state index contributed by atoms with van der Waals surface area (Å²) in [6.07, 6.45) is 6.41. The number of amides is 2. The predicted molar refractivity (Wildman–Crippen MR) is 78.7 cm³/mol. The molecule has 0 bridgehead atoms. The molecule has 6 nitrogen and oxygen atoms in total. The number of likely N-dealkylation sites (tertiary alicyclic amines) is 1. The lowest BCUT2D eigenvalue weighted by Gasteiger charge is -2.17. The molecule has 0 spiro atoms. The molecular formula is C16H16N2O4. The number of nitrogens with one attached hydrogen (secondary N) is 1. The quantitative estimate of drug-likeness (QED) is 0.879. The first kappa shape index (κ1) is 14.2. The fraction of sp³-hybridized carbons (Fsp3) is 0.250. The number of carbonyl (C=O) groups excluding carboxylic acids is 2. The average Bonchev–Trinajstić information content (AvgIpc) is 3.26. The number of carbonyl (C=O) groups is 2. The van der Waals surface area contributed by atoms with Gasteiger partial charge in [0.15, 0.2) is 5.76 Å². The first-order chi connectivity index (χ1) is 10.7. The van der Waals surface area contributed by atoms with Crippen molar-refractivity contribution in [1.29, 1.82) is 0 Å². The Kier molecular flexibility index (Phi) is 4.09. The largest absolute Gasteiger partial charge is 0.465 e. The highest BCUT2D eigenvalue weighted by molar-refractivity contribution is 6.04. The van der Waals surface area contributed by atoms with Crippen LogP contribution in [0.25, 0.3) is 6.08 Å². The van der Waals surface area contributed by atoms with Crippen molar-refractivity contribution in [3.63, 3.8) is 0 Å². The summed E-state index contributed by atoms with van der Waals surface area (Å²) in [5.41, 5.74) is 0.179. The van der Waals surface area contributed by atoms with Gasteiger partial charge in [-0.05, 0) is 37.1 Å². The molecule has 2 aromatic heterocycles. The summed E-state index contributed by atoms with van der Waals surface area (Å²) in [7, 11) is 0. The van der Waals surface area contributed by atoms with Crippen LogP contribution in [0.1, 0.15) is 29.2 Å². The maximum atomic E-state index is 12.5. The summed E-state index contributed by atoms with van der Waals surface area (Å²) in [6.45, 7) is 1.40. The Morgan fingerprint density at radius 2 is 1.82 bits per heavy atom. The van der Waals surface area contributed by atoms with Crippen LogP contribution in [0.2, 0.25) is 0 Å². The van der Waals surface area contributed by atoms with Gasteiger partial charge in [0.05, 0.1) is 12.5 Å². The zero-order valence-electron chi connectivity index (χ0n) is 12.0. The summed E-state index contributed by atoms with van der Waals surface area (Å²) >= 11 is 0. The molecule has 1 fully saturated rings. The second-order valence-electron chi connectivity index (χ2n) is 5.00. The van der Waals surface area contributed by atoms with E-state index < -0.39 is 5.91 Å². The number of hydrogen-bond acceptors (Lipinski definition) is 4. The van der Waals surface area contributed by atoms with Gasteiger partial charge in [-0.15, -0.1) is 0 Å². The van der Waals surface area contributed by atoms with E-state index in [0.29, 0.717) is 18.8 Å². The van der Waals surface area contributed by atoms with Crippen LogP contribution in [0.5, 0.6) is 0 Å². The zero-order chi connectivity index (χ0) is 15.4.